The summed E-state index contributed by atoms with van der Waals surface area (Å²) < 4.78 is 38.1. The number of sulfone groups is 1. The first-order chi connectivity index (χ1) is 9.69. The van der Waals surface area contributed by atoms with Gasteiger partial charge in [-0.15, -0.1) is 6.58 Å². The van der Waals surface area contributed by atoms with Crippen LogP contribution in [-0.4, -0.2) is 37.7 Å². The highest BCUT2D eigenvalue weighted by Crippen LogP contribution is 2.25. The van der Waals surface area contributed by atoms with Crippen molar-refractivity contribution in [1.82, 2.24) is 5.32 Å². The molecule has 0 saturated carbocycles. The number of hydrogen-bond acceptors (Lipinski definition) is 4. The van der Waals surface area contributed by atoms with Crippen molar-refractivity contribution in [1.29, 1.82) is 0 Å². The molecule has 1 amide bonds. The average molecular weight is 380 g/mol. The molecule has 0 heterocycles. The second-order valence-electron chi connectivity index (χ2n) is 3.92. The van der Waals surface area contributed by atoms with E-state index in [0.29, 0.717) is 0 Å². The smallest absolute Gasteiger partial charge is 0.338 e. The zero-order chi connectivity index (χ0) is 16.2. The summed E-state index contributed by atoms with van der Waals surface area (Å²) in [6.45, 7) is 3.41. The van der Waals surface area contributed by atoms with Gasteiger partial charge >= 0.3 is 5.97 Å². The summed E-state index contributed by atoms with van der Waals surface area (Å²) in [5.41, 5.74) is -0.797. The van der Waals surface area contributed by atoms with E-state index < -0.39 is 43.7 Å². The van der Waals surface area contributed by atoms with Gasteiger partial charge in [0.15, 0.2) is 15.7 Å². The zero-order valence-corrected chi connectivity index (χ0v) is 13.0. The number of hydrogen-bond donors (Lipinski definition) is 2. The van der Waals surface area contributed by atoms with Crippen LogP contribution in [0.5, 0.6) is 0 Å². The van der Waals surface area contributed by atoms with Gasteiger partial charge in [0.05, 0.1) is 5.56 Å². The molecule has 6 nitrogen and oxygen atoms in total. The maximum Gasteiger partial charge on any atom is 0.338 e. The number of carboxylic acids is 1. The molecule has 0 atom stereocenters. The van der Waals surface area contributed by atoms with Gasteiger partial charge in [0.2, 0.25) is 5.91 Å². The van der Waals surface area contributed by atoms with E-state index in [1.807, 2.05) is 0 Å². The minimum Gasteiger partial charge on any atom is -0.478 e. The molecule has 0 saturated heterocycles. The van der Waals surface area contributed by atoms with E-state index in [2.05, 4.69) is 27.8 Å². The van der Waals surface area contributed by atoms with Crippen molar-refractivity contribution in [3.63, 3.8) is 0 Å². The third-order valence-corrected chi connectivity index (χ3v) is 4.40. The Bertz CT molecular complexity index is 702. The molecule has 2 N–H and O–H groups in total. The number of amides is 1. The molecular formula is C12H11BrFNO5S. The van der Waals surface area contributed by atoms with Gasteiger partial charge in [-0.1, -0.05) is 22.0 Å². The molecule has 0 radical (unpaired) electrons. The Morgan fingerprint density at radius 3 is 2.57 bits per heavy atom. The van der Waals surface area contributed by atoms with Crippen LogP contribution in [0.25, 0.3) is 0 Å². The maximum absolute atomic E-state index is 14.0. The van der Waals surface area contributed by atoms with E-state index in [9.17, 15) is 22.4 Å². The summed E-state index contributed by atoms with van der Waals surface area (Å²) in [5, 5.41) is 11.1. The summed E-state index contributed by atoms with van der Waals surface area (Å²) in [7, 11) is -4.31. The molecule has 0 fully saturated rings. The second-order valence-corrected chi connectivity index (χ2v) is 6.80. The Morgan fingerprint density at radius 1 is 1.43 bits per heavy atom. The highest BCUT2D eigenvalue weighted by Gasteiger charge is 2.27. The first-order valence-electron chi connectivity index (χ1n) is 5.51. The molecule has 0 spiro atoms. The Hall–Kier alpha value is -1.74. The molecular weight excluding hydrogens is 369 g/mol. The highest BCUT2D eigenvalue weighted by atomic mass is 79.9. The summed E-state index contributed by atoms with van der Waals surface area (Å²) in [4.78, 5) is 21.4. The highest BCUT2D eigenvalue weighted by molar-refractivity contribution is 9.10. The number of carbonyl (C=O) groups excluding carboxylic acids is 1. The molecule has 9 heteroatoms. The van der Waals surface area contributed by atoms with Crippen molar-refractivity contribution in [3.05, 3.63) is 40.6 Å². The van der Waals surface area contributed by atoms with Crippen molar-refractivity contribution in [3.8, 4) is 0 Å². The quantitative estimate of drug-likeness (QED) is 0.726. The van der Waals surface area contributed by atoms with Crippen molar-refractivity contribution in [2.75, 3.05) is 12.3 Å². The molecule has 1 aromatic rings. The average Bonchev–Trinajstić information content (AvgIpc) is 2.37. The lowest BCUT2D eigenvalue weighted by atomic mass is 10.2. The SMILES string of the molecule is C=CCNC(=O)CS(=O)(=O)c1cc(Br)cc(C(=O)O)c1F. The Labute approximate surface area is 128 Å². The predicted molar refractivity (Wildman–Crippen MR) is 76.3 cm³/mol. The van der Waals surface area contributed by atoms with Crippen LogP contribution in [0.4, 0.5) is 4.39 Å². The Kier molecular flexibility index (Phi) is 5.62. The van der Waals surface area contributed by atoms with E-state index in [0.717, 1.165) is 12.1 Å². The zero-order valence-electron chi connectivity index (χ0n) is 10.6. The predicted octanol–water partition coefficient (Wildman–Crippen LogP) is 1.36. The van der Waals surface area contributed by atoms with Crippen LogP contribution in [0, 0.1) is 5.82 Å². The van der Waals surface area contributed by atoms with Crippen molar-refractivity contribution < 1.29 is 27.5 Å². The minimum atomic E-state index is -4.31. The third-order valence-electron chi connectivity index (χ3n) is 2.33. The first kappa shape index (κ1) is 17.3. The minimum absolute atomic E-state index is 0.0652. The van der Waals surface area contributed by atoms with Crippen molar-refractivity contribution >= 4 is 37.6 Å². The number of carbonyl (C=O) groups is 2. The Balaban J connectivity index is 3.23. The lowest BCUT2D eigenvalue weighted by molar-refractivity contribution is -0.118. The van der Waals surface area contributed by atoms with Crippen molar-refractivity contribution in [2.24, 2.45) is 0 Å². The van der Waals surface area contributed by atoms with E-state index in [-0.39, 0.29) is 11.0 Å². The van der Waals surface area contributed by atoms with Gasteiger partial charge < -0.3 is 10.4 Å². The molecule has 0 aromatic heterocycles. The van der Waals surface area contributed by atoms with Gasteiger partial charge in [-0.25, -0.2) is 17.6 Å². The fourth-order valence-corrected chi connectivity index (χ4v) is 3.34. The van der Waals surface area contributed by atoms with Crippen LogP contribution in [0.2, 0.25) is 0 Å². The van der Waals surface area contributed by atoms with Crippen molar-refractivity contribution in [2.45, 2.75) is 4.90 Å². The van der Waals surface area contributed by atoms with E-state index in [1.165, 1.54) is 6.08 Å². The number of carboxylic acid groups (broad SMARTS) is 1. The standard InChI is InChI=1S/C12H11BrFNO5S/c1-2-3-15-10(16)6-21(19,20)9-5-7(13)4-8(11(9)14)12(17)18/h2,4-5H,1,3,6H2,(H,15,16)(H,17,18). The molecule has 0 aliphatic heterocycles. The Morgan fingerprint density at radius 2 is 2.05 bits per heavy atom. The summed E-state index contributed by atoms with van der Waals surface area (Å²) in [6, 6.07) is 1.85. The van der Waals surface area contributed by atoms with Gasteiger partial charge in [-0.3, -0.25) is 4.79 Å². The van der Waals surface area contributed by atoms with Crippen LogP contribution in [0.1, 0.15) is 10.4 Å². The molecule has 0 aliphatic carbocycles. The van der Waals surface area contributed by atoms with Crippen LogP contribution < -0.4 is 5.32 Å². The van der Waals surface area contributed by atoms with Crippen LogP contribution in [-0.2, 0) is 14.6 Å². The molecule has 0 aliphatic rings. The van der Waals surface area contributed by atoms with E-state index >= 15 is 0 Å². The number of rotatable bonds is 6. The lowest BCUT2D eigenvalue weighted by Crippen LogP contribution is -2.30. The van der Waals surface area contributed by atoms with Crippen LogP contribution >= 0.6 is 15.9 Å². The molecule has 114 valence electrons. The van der Waals surface area contributed by atoms with Gasteiger partial charge in [-0.05, 0) is 12.1 Å². The maximum atomic E-state index is 14.0. The number of nitrogens with one attached hydrogen (secondary N) is 1. The number of halogens is 2. The summed E-state index contributed by atoms with van der Waals surface area (Å²) >= 11 is 2.91. The fraction of sp³-hybridized carbons (Fsp3) is 0.167. The largest absolute Gasteiger partial charge is 0.478 e. The topological polar surface area (TPSA) is 101 Å². The lowest BCUT2D eigenvalue weighted by Gasteiger charge is -2.08. The summed E-state index contributed by atoms with van der Waals surface area (Å²) in [6.07, 6.45) is 1.35. The normalized spacial score (nSPS) is 11.0. The fourth-order valence-electron chi connectivity index (χ4n) is 1.43. The molecule has 0 unspecified atom stereocenters. The molecule has 1 rings (SSSR count). The second kappa shape index (κ2) is 6.81. The number of aromatic carboxylic acids is 1. The summed E-state index contributed by atoms with van der Waals surface area (Å²) in [5.74, 6) is -4.84. The van der Waals surface area contributed by atoms with Crippen LogP contribution in [0.3, 0.4) is 0 Å². The first-order valence-corrected chi connectivity index (χ1v) is 7.96. The third kappa shape index (κ3) is 4.36. The molecule has 0 bridgehead atoms. The van der Waals surface area contributed by atoms with Gasteiger partial charge in [-0.2, -0.15) is 0 Å². The van der Waals surface area contributed by atoms with Gasteiger partial charge in [0.25, 0.3) is 0 Å². The van der Waals surface area contributed by atoms with E-state index in [1.54, 1.807) is 0 Å². The number of benzene rings is 1. The monoisotopic (exact) mass is 379 g/mol. The van der Waals surface area contributed by atoms with Gasteiger partial charge in [0.1, 0.15) is 10.6 Å². The molecule has 1 aromatic carbocycles. The van der Waals surface area contributed by atoms with Gasteiger partial charge in [0, 0.05) is 11.0 Å². The van der Waals surface area contributed by atoms with E-state index in [4.69, 9.17) is 5.11 Å². The van der Waals surface area contributed by atoms with Crippen LogP contribution in [0.15, 0.2) is 34.2 Å². The molecule has 21 heavy (non-hydrogen) atoms.